The van der Waals surface area contributed by atoms with Crippen LogP contribution in [0.1, 0.15) is 44.6 Å². The molecule has 3 rings (SSSR count). The molecule has 6 nitrogen and oxygen atoms in total. The number of amides is 1. The second kappa shape index (κ2) is 8.87. The predicted molar refractivity (Wildman–Crippen MR) is 110 cm³/mol. The van der Waals surface area contributed by atoms with E-state index in [0.29, 0.717) is 12.3 Å². The van der Waals surface area contributed by atoms with Crippen LogP contribution in [0.25, 0.3) is 11.2 Å². The topological polar surface area (TPSA) is 69.0 Å². The Morgan fingerprint density at radius 2 is 1.96 bits per heavy atom. The highest BCUT2D eigenvalue weighted by Gasteiger charge is 2.23. The molecule has 0 bridgehead atoms. The number of aryl methyl sites for hydroxylation is 1. The van der Waals surface area contributed by atoms with Crippen LogP contribution in [0.4, 0.5) is 0 Å². The van der Waals surface area contributed by atoms with Crippen molar-refractivity contribution in [1.82, 2.24) is 19.9 Å². The number of methoxy groups -OCH3 is 1. The number of ether oxygens (including phenoxy) is 1. The fraction of sp³-hybridized carbons (Fsp3) is 0.409. The maximum absolute atomic E-state index is 12.8. The molecule has 1 aromatic carbocycles. The van der Waals surface area contributed by atoms with Crippen LogP contribution in [0.2, 0.25) is 0 Å². The zero-order chi connectivity index (χ0) is 20.1. The number of fused-ring (bicyclic) bond motifs is 1. The van der Waals surface area contributed by atoms with Crippen molar-refractivity contribution in [2.24, 2.45) is 5.92 Å². The minimum absolute atomic E-state index is 0.0153. The molecule has 28 heavy (non-hydrogen) atoms. The van der Waals surface area contributed by atoms with E-state index in [-0.39, 0.29) is 11.9 Å². The Kier molecular flexibility index (Phi) is 6.29. The van der Waals surface area contributed by atoms with Gasteiger partial charge in [-0.25, -0.2) is 9.97 Å². The van der Waals surface area contributed by atoms with Gasteiger partial charge in [0.25, 0.3) is 0 Å². The standard InChI is InChI=1S/C22H28N4O2/c1-5-26-21-18(7-6-12-23-21)25-22(26)19(13-15(2)3)24-20(27)14-16-8-10-17(28-4)11-9-16/h6-12,15,19H,5,13-14H2,1-4H3,(H,24,27)/t19-/m0/s1. The fourth-order valence-corrected chi connectivity index (χ4v) is 3.43. The molecule has 2 aromatic heterocycles. The minimum Gasteiger partial charge on any atom is -0.497 e. The van der Waals surface area contributed by atoms with Gasteiger partial charge in [0.05, 0.1) is 19.6 Å². The molecule has 3 aromatic rings. The molecule has 6 heteroatoms. The number of rotatable bonds is 8. The van der Waals surface area contributed by atoms with Crippen LogP contribution in [0.3, 0.4) is 0 Å². The molecule has 1 atom stereocenters. The molecule has 0 spiro atoms. The van der Waals surface area contributed by atoms with Gasteiger partial charge >= 0.3 is 0 Å². The van der Waals surface area contributed by atoms with Crippen LogP contribution >= 0.6 is 0 Å². The summed E-state index contributed by atoms with van der Waals surface area (Å²) >= 11 is 0. The number of carbonyl (C=O) groups excluding carboxylic acids is 1. The molecule has 0 saturated heterocycles. The number of benzene rings is 1. The molecular weight excluding hydrogens is 352 g/mol. The van der Waals surface area contributed by atoms with Crippen molar-refractivity contribution in [3.8, 4) is 5.75 Å². The lowest BCUT2D eigenvalue weighted by Gasteiger charge is -2.21. The summed E-state index contributed by atoms with van der Waals surface area (Å²) in [6.07, 6.45) is 2.92. The minimum atomic E-state index is -0.153. The van der Waals surface area contributed by atoms with Crippen LogP contribution in [-0.2, 0) is 17.8 Å². The Hall–Kier alpha value is -2.89. The molecule has 0 radical (unpaired) electrons. The number of nitrogens with zero attached hydrogens (tertiary/aromatic N) is 3. The van der Waals surface area contributed by atoms with Gasteiger partial charge in [-0.1, -0.05) is 26.0 Å². The number of hydrogen-bond acceptors (Lipinski definition) is 4. The highest BCUT2D eigenvalue weighted by atomic mass is 16.5. The number of aromatic nitrogens is 3. The lowest BCUT2D eigenvalue weighted by atomic mass is 10.0. The number of nitrogens with one attached hydrogen (secondary N) is 1. The maximum Gasteiger partial charge on any atom is 0.225 e. The van der Waals surface area contributed by atoms with Crippen molar-refractivity contribution in [1.29, 1.82) is 0 Å². The summed E-state index contributed by atoms with van der Waals surface area (Å²) in [5.74, 6) is 2.06. The van der Waals surface area contributed by atoms with Gasteiger partial charge in [0.2, 0.25) is 5.91 Å². The van der Waals surface area contributed by atoms with Crippen molar-refractivity contribution in [3.63, 3.8) is 0 Å². The van der Waals surface area contributed by atoms with Crippen LogP contribution in [-0.4, -0.2) is 27.6 Å². The summed E-state index contributed by atoms with van der Waals surface area (Å²) in [4.78, 5) is 22.0. The number of imidazole rings is 1. The Bertz CT molecular complexity index is 931. The molecule has 0 aliphatic heterocycles. The van der Waals surface area contributed by atoms with Gasteiger partial charge < -0.3 is 14.6 Å². The lowest BCUT2D eigenvalue weighted by molar-refractivity contribution is -0.121. The van der Waals surface area contributed by atoms with Crippen molar-refractivity contribution < 1.29 is 9.53 Å². The molecule has 0 aliphatic rings. The molecule has 0 fully saturated rings. The van der Waals surface area contributed by atoms with Gasteiger partial charge in [0.1, 0.15) is 17.1 Å². The van der Waals surface area contributed by atoms with E-state index in [9.17, 15) is 4.79 Å². The first-order valence-electron chi connectivity index (χ1n) is 9.75. The Balaban J connectivity index is 1.83. The average Bonchev–Trinajstić information content (AvgIpc) is 3.06. The molecule has 2 heterocycles. The van der Waals surface area contributed by atoms with E-state index in [1.807, 2.05) is 36.4 Å². The third kappa shape index (κ3) is 4.50. The number of carbonyl (C=O) groups is 1. The van der Waals surface area contributed by atoms with E-state index in [0.717, 1.165) is 41.3 Å². The molecule has 0 aliphatic carbocycles. The number of pyridine rings is 1. The SMILES string of the molecule is CCn1c([C@H](CC(C)C)NC(=O)Cc2ccc(OC)cc2)nc2cccnc21. The van der Waals surface area contributed by atoms with Crippen LogP contribution in [0.15, 0.2) is 42.6 Å². The molecule has 148 valence electrons. The monoisotopic (exact) mass is 380 g/mol. The van der Waals surface area contributed by atoms with Gasteiger partial charge in [-0.3, -0.25) is 4.79 Å². The zero-order valence-electron chi connectivity index (χ0n) is 17.0. The van der Waals surface area contributed by atoms with E-state index in [4.69, 9.17) is 9.72 Å². The third-order valence-electron chi connectivity index (χ3n) is 4.73. The van der Waals surface area contributed by atoms with E-state index >= 15 is 0 Å². The summed E-state index contributed by atoms with van der Waals surface area (Å²) in [5.41, 5.74) is 2.67. The number of hydrogen-bond donors (Lipinski definition) is 1. The first-order chi connectivity index (χ1) is 13.5. The van der Waals surface area contributed by atoms with Crippen molar-refractivity contribution in [3.05, 3.63) is 54.0 Å². The summed E-state index contributed by atoms with van der Waals surface area (Å²) in [6.45, 7) is 7.14. The van der Waals surface area contributed by atoms with Crippen LogP contribution in [0, 0.1) is 5.92 Å². The van der Waals surface area contributed by atoms with E-state index in [2.05, 4.69) is 35.6 Å². The Labute approximate surface area is 166 Å². The van der Waals surface area contributed by atoms with E-state index < -0.39 is 0 Å². The highest BCUT2D eigenvalue weighted by molar-refractivity contribution is 5.79. The quantitative estimate of drug-likeness (QED) is 0.643. The average molecular weight is 380 g/mol. The summed E-state index contributed by atoms with van der Waals surface area (Å²) in [5, 5.41) is 3.20. The van der Waals surface area contributed by atoms with Gasteiger partial charge in [0.15, 0.2) is 5.65 Å². The highest BCUT2D eigenvalue weighted by Crippen LogP contribution is 2.25. The van der Waals surface area contributed by atoms with E-state index in [1.165, 1.54) is 0 Å². The first-order valence-corrected chi connectivity index (χ1v) is 9.75. The fourth-order valence-electron chi connectivity index (χ4n) is 3.43. The smallest absolute Gasteiger partial charge is 0.225 e. The zero-order valence-corrected chi connectivity index (χ0v) is 17.0. The second-order valence-corrected chi connectivity index (χ2v) is 7.33. The molecule has 0 saturated carbocycles. The molecule has 1 amide bonds. The van der Waals surface area contributed by atoms with Crippen molar-refractivity contribution in [2.45, 2.75) is 46.2 Å². The van der Waals surface area contributed by atoms with Gasteiger partial charge in [-0.15, -0.1) is 0 Å². The normalized spacial score (nSPS) is 12.3. The second-order valence-electron chi connectivity index (χ2n) is 7.33. The van der Waals surface area contributed by atoms with Gasteiger partial charge in [-0.05, 0) is 49.1 Å². The van der Waals surface area contributed by atoms with Crippen molar-refractivity contribution >= 4 is 17.1 Å². The Morgan fingerprint density at radius 1 is 1.21 bits per heavy atom. The van der Waals surface area contributed by atoms with Crippen LogP contribution < -0.4 is 10.1 Å². The van der Waals surface area contributed by atoms with Gasteiger partial charge in [-0.2, -0.15) is 0 Å². The largest absolute Gasteiger partial charge is 0.497 e. The third-order valence-corrected chi connectivity index (χ3v) is 4.73. The van der Waals surface area contributed by atoms with Crippen molar-refractivity contribution in [2.75, 3.05) is 7.11 Å². The van der Waals surface area contributed by atoms with Crippen LogP contribution in [0.5, 0.6) is 5.75 Å². The predicted octanol–water partition coefficient (Wildman–Crippen LogP) is 3.91. The summed E-state index contributed by atoms with van der Waals surface area (Å²) in [6, 6.07) is 11.3. The molecule has 0 unspecified atom stereocenters. The summed E-state index contributed by atoms with van der Waals surface area (Å²) < 4.78 is 7.27. The summed E-state index contributed by atoms with van der Waals surface area (Å²) in [7, 11) is 1.63. The van der Waals surface area contributed by atoms with Gasteiger partial charge in [0, 0.05) is 12.7 Å². The molecular formula is C22H28N4O2. The first kappa shape index (κ1) is 19.9. The molecule has 1 N–H and O–H groups in total. The van der Waals surface area contributed by atoms with E-state index in [1.54, 1.807) is 13.3 Å². The maximum atomic E-state index is 12.8. The lowest BCUT2D eigenvalue weighted by Crippen LogP contribution is -2.32. The Morgan fingerprint density at radius 3 is 2.61 bits per heavy atom.